The van der Waals surface area contributed by atoms with Gasteiger partial charge in [0, 0.05) is 14.9 Å². The van der Waals surface area contributed by atoms with Gasteiger partial charge in [-0.05, 0) is 55.5 Å². The van der Waals surface area contributed by atoms with Crippen molar-refractivity contribution in [2.75, 3.05) is 6.54 Å². The van der Waals surface area contributed by atoms with Crippen molar-refractivity contribution in [3.05, 3.63) is 55.7 Å². The van der Waals surface area contributed by atoms with Gasteiger partial charge in [-0.15, -0.1) is 11.3 Å². The molecule has 0 saturated carbocycles. The van der Waals surface area contributed by atoms with Gasteiger partial charge in [-0.3, -0.25) is 25.2 Å². The Kier molecular flexibility index (Phi) is 6.63. The summed E-state index contributed by atoms with van der Waals surface area (Å²) in [5.74, 6) is -1.19. The Morgan fingerprint density at radius 3 is 2.63 bits per heavy atom. The minimum Gasteiger partial charge on any atom is -0.343 e. The maximum atomic E-state index is 12.2. The van der Waals surface area contributed by atoms with E-state index in [-0.39, 0.29) is 18.4 Å². The number of benzene rings is 1. The smallest absolute Gasteiger partial charge is 0.279 e. The topological polar surface area (TPSA) is 87.3 Å². The fourth-order valence-electron chi connectivity index (χ4n) is 2.90. The monoisotopic (exact) mass is 449 g/mol. The first-order valence-corrected chi connectivity index (χ1v) is 10.4. The summed E-state index contributed by atoms with van der Waals surface area (Å²) in [5, 5.41) is 2.52. The molecule has 0 unspecified atom stereocenters. The van der Waals surface area contributed by atoms with Gasteiger partial charge in [0.15, 0.2) is 0 Å². The third kappa shape index (κ3) is 5.40. The summed E-state index contributed by atoms with van der Waals surface area (Å²) in [6, 6.07) is 8.78. The van der Waals surface area contributed by atoms with Crippen LogP contribution in [0.1, 0.15) is 49.7 Å². The van der Waals surface area contributed by atoms with Gasteiger partial charge in [0.05, 0.1) is 11.4 Å². The van der Waals surface area contributed by atoms with Gasteiger partial charge in [0.1, 0.15) is 0 Å². The number of fused-ring (bicyclic) bond motifs is 1. The first-order valence-electron chi connectivity index (χ1n) is 8.77. The summed E-state index contributed by atoms with van der Waals surface area (Å²) in [7, 11) is 0. The second kappa shape index (κ2) is 9.14. The number of aryl methyl sites for hydroxylation is 2. The van der Waals surface area contributed by atoms with Crippen LogP contribution in [0.15, 0.2) is 34.8 Å². The summed E-state index contributed by atoms with van der Waals surface area (Å²) in [6.07, 6.45) is 5.56. The quantitative estimate of drug-likeness (QED) is 0.495. The van der Waals surface area contributed by atoms with Crippen LogP contribution >= 0.6 is 27.3 Å². The van der Waals surface area contributed by atoms with Crippen molar-refractivity contribution in [1.29, 1.82) is 0 Å². The van der Waals surface area contributed by atoms with Crippen LogP contribution in [0.3, 0.4) is 0 Å². The van der Waals surface area contributed by atoms with Crippen LogP contribution in [-0.4, -0.2) is 24.3 Å². The number of halogens is 1. The second-order valence-electron chi connectivity index (χ2n) is 6.32. The Hall–Kier alpha value is -2.19. The summed E-state index contributed by atoms with van der Waals surface area (Å²) in [5.41, 5.74) is 6.44. The van der Waals surface area contributed by atoms with Crippen molar-refractivity contribution in [2.24, 2.45) is 0 Å². The zero-order chi connectivity index (χ0) is 19.2. The standard InChI is InChI=1S/C19H20BrN3O3S/c20-14-7-4-6-13(9-14)18(25)21-11-17(24)22-23-19(26)16-10-12-5-2-1-3-8-15(12)27-16/h4,6-7,9-10H,1-3,5,8,11H2,(H,21,25)(H,22,24)(H,23,26). The van der Waals surface area contributed by atoms with E-state index in [4.69, 9.17) is 0 Å². The molecule has 6 nitrogen and oxygen atoms in total. The normalized spacial score (nSPS) is 13.2. The fourth-order valence-corrected chi connectivity index (χ4v) is 4.45. The minimum atomic E-state index is -0.496. The van der Waals surface area contributed by atoms with Gasteiger partial charge in [-0.2, -0.15) is 0 Å². The largest absolute Gasteiger partial charge is 0.343 e. The first kappa shape index (κ1) is 19.6. The van der Waals surface area contributed by atoms with E-state index >= 15 is 0 Å². The van der Waals surface area contributed by atoms with E-state index < -0.39 is 5.91 Å². The molecule has 0 spiro atoms. The molecule has 142 valence electrons. The van der Waals surface area contributed by atoms with Crippen LogP contribution in [0, 0.1) is 0 Å². The molecule has 1 aliphatic rings. The molecule has 2 aromatic rings. The molecule has 1 aromatic carbocycles. The van der Waals surface area contributed by atoms with Crippen molar-refractivity contribution in [2.45, 2.75) is 32.1 Å². The number of thiophene rings is 1. The van der Waals surface area contributed by atoms with E-state index in [0.717, 1.165) is 30.2 Å². The van der Waals surface area contributed by atoms with Gasteiger partial charge in [-0.1, -0.05) is 28.4 Å². The maximum Gasteiger partial charge on any atom is 0.279 e. The second-order valence-corrected chi connectivity index (χ2v) is 8.37. The highest BCUT2D eigenvalue weighted by atomic mass is 79.9. The average Bonchev–Trinajstić information content (AvgIpc) is 2.94. The van der Waals surface area contributed by atoms with Crippen LogP contribution < -0.4 is 16.2 Å². The van der Waals surface area contributed by atoms with Gasteiger partial charge in [0.2, 0.25) is 0 Å². The number of carbonyl (C=O) groups is 3. The number of carbonyl (C=O) groups excluding carboxylic acids is 3. The highest BCUT2D eigenvalue weighted by Crippen LogP contribution is 2.28. The average molecular weight is 450 g/mol. The van der Waals surface area contributed by atoms with Crippen molar-refractivity contribution in [3.8, 4) is 0 Å². The summed E-state index contributed by atoms with van der Waals surface area (Å²) < 4.78 is 0.779. The number of hydrazine groups is 1. The third-order valence-corrected chi connectivity index (χ3v) is 6.01. The highest BCUT2D eigenvalue weighted by molar-refractivity contribution is 9.10. The summed E-state index contributed by atoms with van der Waals surface area (Å²) in [6.45, 7) is -0.230. The van der Waals surface area contributed by atoms with Crippen molar-refractivity contribution < 1.29 is 14.4 Å². The van der Waals surface area contributed by atoms with E-state index in [1.54, 1.807) is 18.2 Å². The number of amides is 3. The van der Waals surface area contributed by atoms with Gasteiger partial charge in [-0.25, -0.2) is 0 Å². The Morgan fingerprint density at radius 1 is 1.00 bits per heavy atom. The van der Waals surface area contributed by atoms with Crippen LogP contribution in [0.4, 0.5) is 0 Å². The van der Waals surface area contributed by atoms with Gasteiger partial charge in [0.25, 0.3) is 17.7 Å². The zero-order valence-corrected chi connectivity index (χ0v) is 17.0. The Morgan fingerprint density at radius 2 is 1.81 bits per heavy atom. The van der Waals surface area contributed by atoms with Crippen molar-refractivity contribution in [1.82, 2.24) is 16.2 Å². The Labute approximate surface area is 169 Å². The first-order chi connectivity index (χ1) is 13.0. The molecule has 0 aliphatic heterocycles. The molecule has 0 fully saturated rings. The van der Waals surface area contributed by atoms with Gasteiger partial charge >= 0.3 is 0 Å². The number of rotatable bonds is 4. The lowest BCUT2D eigenvalue weighted by molar-refractivity contribution is -0.120. The van der Waals surface area contributed by atoms with Crippen molar-refractivity contribution in [3.63, 3.8) is 0 Å². The number of hydrogen-bond acceptors (Lipinski definition) is 4. The van der Waals surface area contributed by atoms with Gasteiger partial charge < -0.3 is 5.32 Å². The van der Waals surface area contributed by atoms with E-state index in [0.29, 0.717) is 10.4 Å². The predicted molar refractivity (Wildman–Crippen MR) is 108 cm³/mol. The molecule has 8 heteroatoms. The fraction of sp³-hybridized carbons (Fsp3) is 0.316. The van der Waals surface area contributed by atoms with E-state index in [9.17, 15) is 14.4 Å². The molecule has 3 N–H and O–H groups in total. The lowest BCUT2D eigenvalue weighted by Crippen LogP contribution is -2.46. The highest BCUT2D eigenvalue weighted by Gasteiger charge is 2.17. The van der Waals surface area contributed by atoms with Crippen LogP contribution in [0.2, 0.25) is 0 Å². The van der Waals surface area contributed by atoms with Crippen LogP contribution in [-0.2, 0) is 17.6 Å². The predicted octanol–water partition coefficient (Wildman–Crippen LogP) is 2.97. The molecular formula is C19H20BrN3O3S. The zero-order valence-electron chi connectivity index (χ0n) is 14.6. The molecule has 0 atom stereocenters. The van der Waals surface area contributed by atoms with E-state index in [2.05, 4.69) is 32.1 Å². The number of hydrogen-bond donors (Lipinski definition) is 3. The molecular weight excluding hydrogens is 430 g/mol. The van der Waals surface area contributed by atoms with Crippen LogP contribution in [0.5, 0.6) is 0 Å². The Balaban J connectivity index is 1.46. The molecule has 0 saturated heterocycles. The molecule has 1 heterocycles. The van der Waals surface area contributed by atoms with Crippen molar-refractivity contribution >= 4 is 45.0 Å². The SMILES string of the molecule is O=C(CNC(=O)c1cccc(Br)c1)NNC(=O)c1cc2c(s1)CCCCC2. The number of nitrogens with one attached hydrogen (secondary N) is 3. The summed E-state index contributed by atoms with van der Waals surface area (Å²) in [4.78, 5) is 38.0. The molecule has 27 heavy (non-hydrogen) atoms. The minimum absolute atomic E-state index is 0.230. The third-order valence-electron chi connectivity index (χ3n) is 4.28. The van der Waals surface area contributed by atoms with E-state index in [1.165, 1.54) is 28.2 Å². The molecule has 0 bridgehead atoms. The summed E-state index contributed by atoms with van der Waals surface area (Å²) >= 11 is 4.78. The molecule has 3 amide bonds. The van der Waals surface area contributed by atoms with E-state index in [1.807, 2.05) is 12.1 Å². The van der Waals surface area contributed by atoms with Crippen LogP contribution in [0.25, 0.3) is 0 Å². The lowest BCUT2D eigenvalue weighted by Gasteiger charge is -2.08. The molecule has 1 aliphatic carbocycles. The molecule has 1 aromatic heterocycles. The molecule has 3 rings (SSSR count). The Bertz CT molecular complexity index is 842. The molecule has 0 radical (unpaired) electrons. The maximum absolute atomic E-state index is 12.2. The lowest BCUT2D eigenvalue weighted by atomic mass is 10.1.